The molecule has 1 unspecified atom stereocenters. The Balaban J connectivity index is 1.82. The molecule has 1 aliphatic heterocycles. The molecular formula is C19H20FN3. The lowest BCUT2D eigenvalue weighted by Crippen LogP contribution is -2.34. The average Bonchev–Trinajstić information content (AvgIpc) is 2.94. The summed E-state index contributed by atoms with van der Waals surface area (Å²) in [5.74, 6) is 0.132. The van der Waals surface area contributed by atoms with E-state index in [0.717, 1.165) is 36.1 Å². The van der Waals surface area contributed by atoms with Gasteiger partial charge in [-0.3, -0.25) is 9.58 Å². The molecule has 1 aromatic heterocycles. The second-order valence-electron chi connectivity index (χ2n) is 6.31. The number of rotatable bonds is 2. The van der Waals surface area contributed by atoms with Crippen molar-refractivity contribution in [1.82, 2.24) is 14.7 Å². The maximum Gasteiger partial charge on any atom is 0.123 e. The van der Waals surface area contributed by atoms with Crippen molar-refractivity contribution in [1.29, 1.82) is 0 Å². The van der Waals surface area contributed by atoms with Crippen LogP contribution in [0.15, 0.2) is 42.6 Å². The van der Waals surface area contributed by atoms with Gasteiger partial charge in [-0.25, -0.2) is 4.39 Å². The largest absolute Gasteiger partial charge is 0.298 e. The van der Waals surface area contributed by atoms with Gasteiger partial charge in [0.05, 0.1) is 11.7 Å². The van der Waals surface area contributed by atoms with E-state index in [9.17, 15) is 4.39 Å². The molecule has 4 rings (SSSR count). The predicted molar refractivity (Wildman–Crippen MR) is 89.9 cm³/mol. The van der Waals surface area contributed by atoms with Gasteiger partial charge in [-0.15, -0.1) is 0 Å². The summed E-state index contributed by atoms with van der Waals surface area (Å²) >= 11 is 0. The number of hydrogen-bond donors (Lipinski definition) is 0. The first-order valence-corrected chi connectivity index (χ1v) is 8.08. The lowest BCUT2D eigenvalue weighted by molar-refractivity contribution is 0.253. The van der Waals surface area contributed by atoms with E-state index < -0.39 is 0 Å². The van der Waals surface area contributed by atoms with Crippen molar-refractivity contribution in [2.75, 3.05) is 13.1 Å². The second kappa shape index (κ2) is 5.46. The molecule has 23 heavy (non-hydrogen) atoms. The topological polar surface area (TPSA) is 21.1 Å². The van der Waals surface area contributed by atoms with Crippen molar-refractivity contribution in [2.45, 2.75) is 19.4 Å². The van der Waals surface area contributed by atoms with Crippen LogP contribution in [-0.4, -0.2) is 27.8 Å². The minimum atomic E-state index is -0.150. The summed E-state index contributed by atoms with van der Waals surface area (Å²) < 4.78 is 15.5. The van der Waals surface area contributed by atoms with E-state index in [0.29, 0.717) is 0 Å². The maximum atomic E-state index is 13.6. The summed E-state index contributed by atoms with van der Waals surface area (Å²) in [5.41, 5.74) is 4.77. The summed E-state index contributed by atoms with van der Waals surface area (Å²) in [6, 6.07) is 11.8. The van der Waals surface area contributed by atoms with E-state index in [1.807, 2.05) is 24.0 Å². The standard InChI is InChI=1S/C19H20FN3/c1-3-23-11-15-9-16(20)5-6-17(15)18(12-23)13-4-7-19-14(8-13)10-21-22(19)2/h4-10,18H,3,11-12H2,1-2H3. The molecule has 2 aromatic carbocycles. The van der Waals surface area contributed by atoms with Gasteiger partial charge in [-0.2, -0.15) is 5.10 Å². The monoisotopic (exact) mass is 309 g/mol. The predicted octanol–water partition coefficient (Wildman–Crippen LogP) is 3.68. The number of benzene rings is 2. The molecule has 0 saturated heterocycles. The van der Waals surface area contributed by atoms with Gasteiger partial charge in [0.2, 0.25) is 0 Å². The Labute approximate surface area is 135 Å². The molecule has 3 nitrogen and oxygen atoms in total. The van der Waals surface area contributed by atoms with Crippen molar-refractivity contribution >= 4 is 10.9 Å². The fourth-order valence-electron chi connectivity index (χ4n) is 3.64. The highest BCUT2D eigenvalue weighted by Gasteiger charge is 2.26. The average molecular weight is 309 g/mol. The van der Waals surface area contributed by atoms with Crippen molar-refractivity contribution in [3.63, 3.8) is 0 Å². The van der Waals surface area contributed by atoms with Crippen LogP contribution in [0.25, 0.3) is 10.9 Å². The summed E-state index contributed by atoms with van der Waals surface area (Å²) in [5, 5.41) is 5.48. The molecule has 1 atom stereocenters. The SMILES string of the molecule is CCN1Cc2cc(F)ccc2C(c2ccc3c(cnn3C)c2)C1. The zero-order valence-corrected chi connectivity index (χ0v) is 13.5. The Hall–Kier alpha value is -2.20. The van der Waals surface area contributed by atoms with Crippen LogP contribution in [-0.2, 0) is 13.6 Å². The summed E-state index contributed by atoms with van der Waals surface area (Å²) in [4.78, 5) is 2.37. The molecule has 1 aliphatic rings. The Bertz CT molecular complexity index is 868. The van der Waals surface area contributed by atoms with Gasteiger partial charge in [-0.05, 0) is 47.5 Å². The fourth-order valence-corrected chi connectivity index (χ4v) is 3.64. The van der Waals surface area contributed by atoms with E-state index in [2.05, 4.69) is 35.1 Å². The number of halogens is 1. The zero-order chi connectivity index (χ0) is 16.0. The van der Waals surface area contributed by atoms with Crippen LogP contribution >= 0.6 is 0 Å². The van der Waals surface area contributed by atoms with Gasteiger partial charge >= 0.3 is 0 Å². The van der Waals surface area contributed by atoms with E-state index in [1.54, 1.807) is 12.1 Å². The Kier molecular flexibility index (Phi) is 3.42. The second-order valence-corrected chi connectivity index (χ2v) is 6.31. The molecular weight excluding hydrogens is 289 g/mol. The highest BCUT2D eigenvalue weighted by Crippen LogP contribution is 2.35. The molecule has 0 spiro atoms. The third-order valence-corrected chi connectivity index (χ3v) is 4.93. The highest BCUT2D eigenvalue weighted by molar-refractivity contribution is 5.79. The molecule has 0 amide bonds. The van der Waals surface area contributed by atoms with E-state index in [4.69, 9.17) is 0 Å². The van der Waals surface area contributed by atoms with Crippen LogP contribution in [0.4, 0.5) is 4.39 Å². The molecule has 0 saturated carbocycles. The lowest BCUT2D eigenvalue weighted by atomic mass is 9.84. The Morgan fingerprint density at radius 3 is 2.91 bits per heavy atom. The van der Waals surface area contributed by atoms with Crippen molar-refractivity contribution < 1.29 is 4.39 Å². The van der Waals surface area contributed by atoms with E-state index in [-0.39, 0.29) is 11.7 Å². The summed E-state index contributed by atoms with van der Waals surface area (Å²) in [7, 11) is 1.96. The Morgan fingerprint density at radius 2 is 2.09 bits per heavy atom. The van der Waals surface area contributed by atoms with E-state index in [1.165, 1.54) is 11.1 Å². The molecule has 0 radical (unpaired) electrons. The summed E-state index contributed by atoms with van der Waals surface area (Å²) in [6.07, 6.45) is 1.91. The molecule has 0 N–H and O–H groups in total. The number of aryl methyl sites for hydroxylation is 1. The zero-order valence-electron chi connectivity index (χ0n) is 13.5. The first kappa shape index (κ1) is 14.4. The van der Waals surface area contributed by atoms with Crippen LogP contribution < -0.4 is 0 Å². The van der Waals surface area contributed by atoms with Crippen LogP contribution in [0.5, 0.6) is 0 Å². The quantitative estimate of drug-likeness (QED) is 0.720. The maximum absolute atomic E-state index is 13.6. The van der Waals surface area contributed by atoms with Crippen LogP contribution in [0, 0.1) is 5.82 Å². The molecule has 0 aliphatic carbocycles. The molecule has 2 heterocycles. The van der Waals surface area contributed by atoms with Gasteiger partial charge < -0.3 is 0 Å². The lowest BCUT2D eigenvalue weighted by Gasteiger charge is -2.34. The normalized spacial score (nSPS) is 18.3. The molecule has 4 heteroatoms. The number of aromatic nitrogens is 2. The third-order valence-electron chi connectivity index (χ3n) is 4.93. The fraction of sp³-hybridized carbons (Fsp3) is 0.316. The van der Waals surface area contributed by atoms with Crippen LogP contribution in [0.3, 0.4) is 0 Å². The number of likely N-dealkylation sites (N-methyl/N-ethyl adjacent to an activating group) is 1. The molecule has 3 aromatic rings. The minimum Gasteiger partial charge on any atom is -0.298 e. The first-order chi connectivity index (χ1) is 11.2. The third kappa shape index (κ3) is 2.43. The van der Waals surface area contributed by atoms with Crippen molar-refractivity contribution in [3.05, 3.63) is 65.1 Å². The van der Waals surface area contributed by atoms with Gasteiger partial charge in [-0.1, -0.05) is 19.1 Å². The molecule has 118 valence electrons. The number of nitrogens with zero attached hydrogens (tertiary/aromatic N) is 3. The number of hydrogen-bond acceptors (Lipinski definition) is 2. The molecule has 0 bridgehead atoms. The minimum absolute atomic E-state index is 0.150. The van der Waals surface area contributed by atoms with E-state index >= 15 is 0 Å². The highest BCUT2D eigenvalue weighted by atomic mass is 19.1. The summed E-state index contributed by atoms with van der Waals surface area (Å²) in [6.45, 7) is 4.93. The van der Waals surface area contributed by atoms with Crippen molar-refractivity contribution in [2.24, 2.45) is 7.05 Å². The molecule has 0 fully saturated rings. The first-order valence-electron chi connectivity index (χ1n) is 8.08. The van der Waals surface area contributed by atoms with Gasteiger partial charge in [0.15, 0.2) is 0 Å². The number of fused-ring (bicyclic) bond motifs is 2. The van der Waals surface area contributed by atoms with Crippen LogP contribution in [0.1, 0.15) is 29.5 Å². The van der Waals surface area contributed by atoms with Gasteiger partial charge in [0.1, 0.15) is 5.82 Å². The Morgan fingerprint density at radius 1 is 1.22 bits per heavy atom. The van der Waals surface area contributed by atoms with Gasteiger partial charge in [0, 0.05) is 31.4 Å². The van der Waals surface area contributed by atoms with Crippen molar-refractivity contribution in [3.8, 4) is 0 Å². The smallest absolute Gasteiger partial charge is 0.123 e. The van der Waals surface area contributed by atoms with Crippen LogP contribution in [0.2, 0.25) is 0 Å². The van der Waals surface area contributed by atoms with Gasteiger partial charge in [0.25, 0.3) is 0 Å².